The Bertz CT molecular complexity index is 241. The molecule has 1 aliphatic carbocycles. The van der Waals surface area contributed by atoms with Gasteiger partial charge in [-0.2, -0.15) is 0 Å². The molecular formula is C13H27NOS. The highest BCUT2D eigenvalue weighted by Gasteiger charge is 2.28. The van der Waals surface area contributed by atoms with E-state index in [9.17, 15) is 4.21 Å². The summed E-state index contributed by atoms with van der Waals surface area (Å²) in [7, 11) is -0.932. The highest BCUT2D eigenvalue weighted by atomic mass is 32.2. The molecular weight excluding hydrogens is 218 g/mol. The van der Waals surface area contributed by atoms with E-state index >= 15 is 0 Å². The van der Waals surface area contributed by atoms with Crippen molar-refractivity contribution in [2.45, 2.75) is 71.1 Å². The second kappa shape index (κ2) is 5.63. The molecule has 0 radical (unpaired) electrons. The molecule has 0 heterocycles. The summed E-state index contributed by atoms with van der Waals surface area (Å²) >= 11 is 0. The van der Waals surface area contributed by atoms with E-state index in [1.165, 1.54) is 25.7 Å². The van der Waals surface area contributed by atoms with Gasteiger partial charge in [-0.1, -0.05) is 33.1 Å². The Labute approximate surface area is 103 Å². The van der Waals surface area contributed by atoms with E-state index in [1.807, 2.05) is 20.8 Å². The highest BCUT2D eigenvalue weighted by Crippen LogP contribution is 2.32. The van der Waals surface area contributed by atoms with E-state index in [4.69, 9.17) is 0 Å². The van der Waals surface area contributed by atoms with Crippen LogP contribution >= 0.6 is 0 Å². The molecule has 1 fully saturated rings. The second-order valence-electron chi connectivity index (χ2n) is 6.38. The van der Waals surface area contributed by atoms with Crippen LogP contribution in [0.3, 0.4) is 0 Å². The van der Waals surface area contributed by atoms with E-state index in [2.05, 4.69) is 18.6 Å². The zero-order valence-corrected chi connectivity index (χ0v) is 12.2. The van der Waals surface area contributed by atoms with Gasteiger partial charge in [0.25, 0.3) is 0 Å². The molecule has 0 bridgehead atoms. The maximum atomic E-state index is 12.1. The van der Waals surface area contributed by atoms with Gasteiger partial charge in [-0.25, -0.2) is 8.93 Å². The normalized spacial score (nSPS) is 21.9. The summed E-state index contributed by atoms with van der Waals surface area (Å²) in [6.07, 6.45) is 5.32. The molecule has 96 valence electrons. The quantitative estimate of drug-likeness (QED) is 0.791. The van der Waals surface area contributed by atoms with Crippen molar-refractivity contribution in [2.24, 2.45) is 11.8 Å². The standard InChI is InChI=1S/C13H27NOS/c1-10(2)12(9-11-7-6-8-11)14-16(15)13(3,4)5/h10-12,14H,6-9H2,1-5H3/t12-,16?/m1/s1. The molecule has 1 N–H and O–H groups in total. The summed E-state index contributed by atoms with van der Waals surface area (Å²) in [6, 6.07) is 0.408. The van der Waals surface area contributed by atoms with E-state index in [0.717, 1.165) is 5.92 Å². The Morgan fingerprint density at radius 3 is 2.19 bits per heavy atom. The lowest BCUT2D eigenvalue weighted by molar-refractivity contribution is 0.248. The average Bonchev–Trinajstić information content (AvgIpc) is 2.06. The highest BCUT2D eigenvalue weighted by molar-refractivity contribution is 7.84. The van der Waals surface area contributed by atoms with Gasteiger partial charge in [0.1, 0.15) is 0 Å². The van der Waals surface area contributed by atoms with Crippen molar-refractivity contribution < 1.29 is 4.21 Å². The third-order valence-corrected chi connectivity index (χ3v) is 5.06. The van der Waals surface area contributed by atoms with Crippen molar-refractivity contribution >= 4 is 11.0 Å². The fourth-order valence-electron chi connectivity index (χ4n) is 1.86. The first kappa shape index (κ1) is 14.2. The molecule has 0 amide bonds. The topological polar surface area (TPSA) is 29.1 Å². The van der Waals surface area contributed by atoms with Gasteiger partial charge >= 0.3 is 0 Å². The largest absolute Gasteiger partial charge is 0.242 e. The van der Waals surface area contributed by atoms with Gasteiger partial charge < -0.3 is 0 Å². The molecule has 0 spiro atoms. The van der Waals surface area contributed by atoms with Crippen LogP contribution in [0.4, 0.5) is 0 Å². The van der Waals surface area contributed by atoms with Gasteiger partial charge in [0.05, 0.1) is 15.7 Å². The first-order valence-electron chi connectivity index (χ1n) is 6.48. The zero-order chi connectivity index (χ0) is 12.3. The first-order valence-corrected chi connectivity index (χ1v) is 7.63. The Balaban J connectivity index is 2.47. The predicted octanol–water partition coefficient (Wildman–Crippen LogP) is 3.25. The average molecular weight is 245 g/mol. The summed E-state index contributed by atoms with van der Waals surface area (Å²) in [5.74, 6) is 1.43. The van der Waals surface area contributed by atoms with Gasteiger partial charge in [-0.15, -0.1) is 0 Å². The molecule has 1 saturated carbocycles. The molecule has 0 aromatic heterocycles. The number of hydrogen-bond acceptors (Lipinski definition) is 1. The lowest BCUT2D eigenvalue weighted by atomic mass is 9.79. The maximum absolute atomic E-state index is 12.1. The molecule has 0 aromatic rings. The summed E-state index contributed by atoms with van der Waals surface area (Å²) in [4.78, 5) is 0. The first-order chi connectivity index (χ1) is 7.30. The molecule has 0 saturated heterocycles. The van der Waals surface area contributed by atoms with Gasteiger partial charge in [0.15, 0.2) is 0 Å². The van der Waals surface area contributed by atoms with Crippen LogP contribution in [0.5, 0.6) is 0 Å². The Kier molecular flexibility index (Phi) is 4.99. The van der Waals surface area contributed by atoms with Crippen molar-refractivity contribution in [1.82, 2.24) is 4.72 Å². The predicted molar refractivity (Wildman–Crippen MR) is 71.6 cm³/mol. The molecule has 3 heteroatoms. The third kappa shape index (κ3) is 4.17. The SMILES string of the molecule is CC(C)[C@@H](CC1CCC1)NS(=O)C(C)(C)C. The third-order valence-electron chi connectivity index (χ3n) is 3.43. The molecule has 1 unspecified atom stereocenters. The fraction of sp³-hybridized carbons (Fsp3) is 1.00. The van der Waals surface area contributed by atoms with Gasteiger partial charge in [0, 0.05) is 6.04 Å². The minimum Gasteiger partial charge on any atom is -0.242 e. The molecule has 2 atom stereocenters. The van der Waals surface area contributed by atoms with E-state index in [-0.39, 0.29) is 4.75 Å². The van der Waals surface area contributed by atoms with Crippen LogP contribution in [0.1, 0.15) is 60.3 Å². The molecule has 2 nitrogen and oxygen atoms in total. The minimum atomic E-state index is -0.932. The lowest BCUT2D eigenvalue weighted by Crippen LogP contribution is -2.43. The van der Waals surface area contributed by atoms with E-state index in [1.54, 1.807) is 0 Å². The van der Waals surface area contributed by atoms with Crippen LogP contribution in [-0.2, 0) is 11.0 Å². The Morgan fingerprint density at radius 2 is 1.88 bits per heavy atom. The van der Waals surface area contributed by atoms with Crippen LogP contribution in [0.25, 0.3) is 0 Å². The second-order valence-corrected chi connectivity index (χ2v) is 8.38. The summed E-state index contributed by atoms with van der Waals surface area (Å²) in [5.41, 5.74) is 0. The maximum Gasteiger partial charge on any atom is 0.0972 e. The van der Waals surface area contributed by atoms with E-state index < -0.39 is 11.0 Å². The van der Waals surface area contributed by atoms with Crippen molar-refractivity contribution in [3.63, 3.8) is 0 Å². The summed E-state index contributed by atoms with van der Waals surface area (Å²) < 4.78 is 15.2. The van der Waals surface area contributed by atoms with Crippen molar-refractivity contribution in [1.29, 1.82) is 0 Å². The molecule has 0 aromatic carbocycles. The number of rotatable bonds is 5. The molecule has 16 heavy (non-hydrogen) atoms. The van der Waals surface area contributed by atoms with Crippen LogP contribution < -0.4 is 4.72 Å². The van der Waals surface area contributed by atoms with Gasteiger partial charge in [-0.05, 0) is 39.0 Å². The minimum absolute atomic E-state index is 0.160. The van der Waals surface area contributed by atoms with Gasteiger partial charge in [0.2, 0.25) is 0 Å². The summed E-state index contributed by atoms with van der Waals surface area (Å²) in [6.45, 7) is 10.5. The van der Waals surface area contributed by atoms with Crippen LogP contribution in [0.15, 0.2) is 0 Å². The zero-order valence-electron chi connectivity index (χ0n) is 11.4. The Morgan fingerprint density at radius 1 is 1.31 bits per heavy atom. The van der Waals surface area contributed by atoms with Crippen molar-refractivity contribution in [2.75, 3.05) is 0 Å². The number of hydrogen-bond donors (Lipinski definition) is 1. The lowest BCUT2D eigenvalue weighted by Gasteiger charge is -2.33. The van der Waals surface area contributed by atoms with Crippen molar-refractivity contribution in [3.8, 4) is 0 Å². The van der Waals surface area contributed by atoms with E-state index in [0.29, 0.717) is 12.0 Å². The van der Waals surface area contributed by atoms with Crippen LogP contribution in [0.2, 0.25) is 0 Å². The molecule has 1 aliphatic rings. The smallest absolute Gasteiger partial charge is 0.0972 e. The molecule has 1 rings (SSSR count). The van der Waals surface area contributed by atoms with Gasteiger partial charge in [-0.3, -0.25) is 0 Å². The van der Waals surface area contributed by atoms with Crippen LogP contribution in [-0.4, -0.2) is 15.0 Å². The van der Waals surface area contributed by atoms with Crippen molar-refractivity contribution in [3.05, 3.63) is 0 Å². The summed E-state index contributed by atoms with van der Waals surface area (Å²) in [5, 5.41) is 0. The monoisotopic (exact) mass is 245 g/mol. The Hall–Kier alpha value is 0.110. The van der Waals surface area contributed by atoms with Crippen LogP contribution in [0, 0.1) is 11.8 Å². The fourth-order valence-corrected chi connectivity index (χ4v) is 2.86. The molecule has 0 aliphatic heterocycles. The number of nitrogens with one attached hydrogen (secondary N) is 1.